The average molecular weight is 167 g/mol. The normalized spacial score (nSPS) is 21.4. The van der Waals surface area contributed by atoms with Crippen molar-refractivity contribution in [3.8, 4) is 0 Å². The lowest BCUT2D eigenvalue weighted by atomic mass is 10.1. The maximum absolute atomic E-state index is 11.1. The van der Waals surface area contributed by atoms with E-state index in [0.29, 0.717) is 0 Å². The van der Waals surface area contributed by atoms with Crippen LogP contribution in [0.2, 0.25) is 0 Å². The molecule has 0 radical (unpaired) electrons. The molecule has 1 atom stereocenters. The molecular weight excluding hydrogens is 158 g/mol. The smallest absolute Gasteiger partial charge is 0.322 e. The highest BCUT2D eigenvalue weighted by atomic mass is 16.5. The Labute approximate surface area is 69.9 Å². The van der Waals surface area contributed by atoms with Crippen LogP contribution in [0.1, 0.15) is 0 Å². The number of rotatable bonds is 1. The average Bonchev–Trinajstić information content (AvgIpc) is 2.28. The van der Waals surface area contributed by atoms with Gasteiger partial charge < -0.3 is 10.1 Å². The third-order valence-electron chi connectivity index (χ3n) is 1.47. The van der Waals surface area contributed by atoms with Crippen LogP contribution in [0, 0.1) is 5.92 Å². The van der Waals surface area contributed by atoms with Crippen molar-refractivity contribution < 1.29 is 14.3 Å². The van der Waals surface area contributed by atoms with Gasteiger partial charge in [-0.2, -0.15) is 0 Å². The molecule has 0 aliphatic carbocycles. The van der Waals surface area contributed by atoms with Crippen LogP contribution in [0.4, 0.5) is 0 Å². The van der Waals surface area contributed by atoms with Crippen LogP contribution >= 0.6 is 0 Å². The lowest BCUT2D eigenvalue weighted by Gasteiger charge is -2.06. The molecule has 0 spiro atoms. The van der Waals surface area contributed by atoms with E-state index in [1.54, 1.807) is 12.2 Å². The van der Waals surface area contributed by atoms with Crippen molar-refractivity contribution in [2.75, 3.05) is 7.11 Å². The van der Waals surface area contributed by atoms with Gasteiger partial charge in [-0.15, -0.1) is 0 Å². The summed E-state index contributed by atoms with van der Waals surface area (Å²) in [5.41, 5.74) is 0. The van der Waals surface area contributed by atoms with Crippen LogP contribution in [0.25, 0.3) is 0 Å². The van der Waals surface area contributed by atoms with Gasteiger partial charge in [-0.3, -0.25) is 9.59 Å². The highest BCUT2D eigenvalue weighted by Gasteiger charge is 2.24. The van der Waals surface area contributed by atoms with Gasteiger partial charge in [0.15, 0.2) is 5.92 Å². The summed E-state index contributed by atoms with van der Waals surface area (Å²) in [5.74, 6) is -1.75. The fourth-order valence-corrected chi connectivity index (χ4v) is 0.851. The fourth-order valence-electron chi connectivity index (χ4n) is 0.851. The van der Waals surface area contributed by atoms with Crippen LogP contribution in [-0.2, 0) is 14.3 Å². The maximum Gasteiger partial charge on any atom is 0.322 e. The van der Waals surface area contributed by atoms with Crippen molar-refractivity contribution in [2.24, 2.45) is 5.92 Å². The number of carbonyl (C=O) groups is 2. The number of carbonyl (C=O) groups excluding carboxylic acids is 2. The lowest BCUT2D eigenvalue weighted by molar-refractivity contribution is -0.147. The van der Waals surface area contributed by atoms with E-state index < -0.39 is 11.9 Å². The Kier molecular flexibility index (Phi) is 2.63. The number of nitrogens with one attached hydrogen (secondary N) is 1. The molecule has 0 bridgehead atoms. The molecular formula is C8H9NO3. The van der Waals surface area contributed by atoms with E-state index in [1.807, 2.05) is 0 Å². The van der Waals surface area contributed by atoms with Crippen LogP contribution in [0.3, 0.4) is 0 Å². The summed E-state index contributed by atoms with van der Waals surface area (Å²) in [6.45, 7) is 0. The molecule has 1 amide bonds. The minimum absolute atomic E-state index is 0.369. The summed E-state index contributed by atoms with van der Waals surface area (Å²) >= 11 is 0. The molecule has 1 aliphatic heterocycles. The minimum atomic E-state index is -0.829. The van der Waals surface area contributed by atoms with Gasteiger partial charge in [0.25, 0.3) is 0 Å². The standard InChI is InChI=1S/C8H9NO3/c1-12-8(11)6-4-2-3-5-9-7(6)10/h2-6H,1H3,(H,9,10). The molecule has 1 heterocycles. The number of esters is 1. The first-order valence-electron chi connectivity index (χ1n) is 3.47. The molecule has 0 aromatic carbocycles. The molecule has 4 heteroatoms. The van der Waals surface area contributed by atoms with E-state index in [2.05, 4.69) is 10.1 Å². The Morgan fingerprint density at radius 1 is 1.58 bits per heavy atom. The molecule has 1 rings (SSSR count). The molecule has 0 aromatic heterocycles. The van der Waals surface area contributed by atoms with Gasteiger partial charge in [0, 0.05) is 6.20 Å². The number of amides is 1. The topological polar surface area (TPSA) is 55.4 Å². The molecule has 1 unspecified atom stereocenters. The number of ether oxygens (including phenoxy) is 1. The number of hydrogen-bond acceptors (Lipinski definition) is 3. The molecule has 1 N–H and O–H groups in total. The van der Waals surface area contributed by atoms with Gasteiger partial charge in [0.1, 0.15) is 0 Å². The first-order chi connectivity index (χ1) is 5.75. The molecule has 0 fully saturated rings. The first-order valence-corrected chi connectivity index (χ1v) is 3.47. The minimum Gasteiger partial charge on any atom is -0.468 e. The van der Waals surface area contributed by atoms with Crippen molar-refractivity contribution in [3.63, 3.8) is 0 Å². The van der Waals surface area contributed by atoms with Crippen molar-refractivity contribution in [3.05, 3.63) is 24.4 Å². The van der Waals surface area contributed by atoms with E-state index in [0.717, 1.165) is 0 Å². The Bertz CT molecular complexity index is 255. The van der Waals surface area contributed by atoms with Crippen molar-refractivity contribution >= 4 is 11.9 Å². The molecule has 12 heavy (non-hydrogen) atoms. The van der Waals surface area contributed by atoms with E-state index >= 15 is 0 Å². The Morgan fingerprint density at radius 2 is 2.33 bits per heavy atom. The Hall–Kier alpha value is -1.58. The summed E-state index contributed by atoms with van der Waals surface area (Å²) in [6.07, 6.45) is 6.23. The van der Waals surface area contributed by atoms with Gasteiger partial charge in [-0.25, -0.2) is 0 Å². The monoisotopic (exact) mass is 167 g/mol. The second-order valence-corrected chi connectivity index (χ2v) is 2.25. The van der Waals surface area contributed by atoms with Crippen molar-refractivity contribution in [2.45, 2.75) is 0 Å². The number of methoxy groups -OCH3 is 1. The zero-order chi connectivity index (χ0) is 8.97. The van der Waals surface area contributed by atoms with Gasteiger partial charge >= 0.3 is 5.97 Å². The number of allylic oxidation sites excluding steroid dienone is 2. The van der Waals surface area contributed by atoms with E-state index in [-0.39, 0.29) is 5.91 Å². The van der Waals surface area contributed by atoms with Gasteiger partial charge in [-0.05, 0) is 6.08 Å². The van der Waals surface area contributed by atoms with Gasteiger partial charge in [0.2, 0.25) is 5.91 Å². The van der Waals surface area contributed by atoms with Gasteiger partial charge in [-0.1, -0.05) is 12.2 Å². The largest absolute Gasteiger partial charge is 0.468 e. The van der Waals surface area contributed by atoms with Crippen LogP contribution in [0.15, 0.2) is 24.4 Å². The second kappa shape index (κ2) is 3.71. The predicted molar refractivity (Wildman–Crippen MR) is 41.9 cm³/mol. The van der Waals surface area contributed by atoms with E-state index in [1.165, 1.54) is 19.4 Å². The van der Waals surface area contributed by atoms with Crippen molar-refractivity contribution in [1.82, 2.24) is 5.32 Å². The zero-order valence-electron chi connectivity index (χ0n) is 6.61. The Balaban J connectivity index is 2.76. The third kappa shape index (κ3) is 1.72. The molecule has 4 nitrogen and oxygen atoms in total. The van der Waals surface area contributed by atoms with Crippen molar-refractivity contribution in [1.29, 1.82) is 0 Å². The summed E-state index contributed by atoms with van der Waals surface area (Å²) in [4.78, 5) is 22.1. The third-order valence-corrected chi connectivity index (χ3v) is 1.47. The van der Waals surface area contributed by atoms with E-state index in [4.69, 9.17) is 0 Å². The van der Waals surface area contributed by atoms with E-state index in [9.17, 15) is 9.59 Å². The lowest BCUT2D eigenvalue weighted by Crippen LogP contribution is -2.31. The highest BCUT2D eigenvalue weighted by Crippen LogP contribution is 2.04. The molecule has 0 aromatic rings. The molecule has 0 saturated carbocycles. The van der Waals surface area contributed by atoms with Crippen LogP contribution in [-0.4, -0.2) is 19.0 Å². The van der Waals surface area contributed by atoms with Gasteiger partial charge in [0.05, 0.1) is 7.11 Å². The quantitative estimate of drug-likeness (QED) is 0.441. The molecule has 0 saturated heterocycles. The summed E-state index contributed by atoms with van der Waals surface area (Å²) in [6, 6.07) is 0. The highest BCUT2D eigenvalue weighted by molar-refractivity contribution is 6.00. The SMILES string of the molecule is COC(=O)C1C=CC=CNC1=O. The fraction of sp³-hybridized carbons (Fsp3) is 0.250. The summed E-state index contributed by atoms with van der Waals surface area (Å²) in [7, 11) is 1.25. The van der Waals surface area contributed by atoms with Crippen LogP contribution in [0.5, 0.6) is 0 Å². The zero-order valence-corrected chi connectivity index (χ0v) is 6.61. The summed E-state index contributed by atoms with van der Waals surface area (Å²) < 4.78 is 4.44. The molecule has 64 valence electrons. The summed E-state index contributed by atoms with van der Waals surface area (Å²) in [5, 5.41) is 2.43. The predicted octanol–water partition coefficient (Wildman–Crippen LogP) is -0.0247. The maximum atomic E-state index is 11.1. The molecule has 1 aliphatic rings. The van der Waals surface area contributed by atoms with Crippen LogP contribution < -0.4 is 5.32 Å². The Morgan fingerprint density at radius 3 is 3.00 bits per heavy atom. The first kappa shape index (κ1) is 8.52. The number of hydrogen-bond donors (Lipinski definition) is 1. The second-order valence-electron chi connectivity index (χ2n) is 2.25.